The Morgan fingerprint density at radius 1 is 1.28 bits per heavy atom. The number of hydrogen-bond acceptors (Lipinski definition) is 3. The van der Waals surface area contributed by atoms with Crippen LogP contribution in [-0.4, -0.2) is 19.6 Å². The van der Waals surface area contributed by atoms with E-state index in [-0.39, 0.29) is 6.04 Å². The third-order valence-electron chi connectivity index (χ3n) is 3.13. The fourth-order valence-electron chi connectivity index (χ4n) is 2.20. The van der Waals surface area contributed by atoms with Crippen LogP contribution in [0.25, 0.3) is 0 Å². The van der Waals surface area contributed by atoms with Gasteiger partial charge in [-0.1, -0.05) is 0 Å². The Kier molecular flexibility index (Phi) is 3.59. The van der Waals surface area contributed by atoms with Crippen LogP contribution in [0.1, 0.15) is 28.7 Å². The average molecular weight is 312 g/mol. The summed E-state index contributed by atoms with van der Waals surface area (Å²) in [4.78, 5) is 0. The van der Waals surface area contributed by atoms with Crippen molar-refractivity contribution in [1.82, 2.24) is 19.6 Å². The van der Waals surface area contributed by atoms with Crippen molar-refractivity contribution < 1.29 is 0 Å². The summed E-state index contributed by atoms with van der Waals surface area (Å²) in [6.45, 7) is 3.97. The molecule has 0 amide bonds. The monoisotopic (exact) mass is 311 g/mol. The lowest BCUT2D eigenvalue weighted by Gasteiger charge is -2.11. The quantitative estimate of drug-likeness (QED) is 0.939. The van der Waals surface area contributed by atoms with Gasteiger partial charge in [-0.15, -0.1) is 0 Å². The summed E-state index contributed by atoms with van der Waals surface area (Å²) in [6.07, 6.45) is 2.72. The van der Waals surface area contributed by atoms with E-state index in [0.717, 1.165) is 33.5 Å². The molecule has 6 heteroatoms. The first-order chi connectivity index (χ1) is 8.40. The first-order valence-electron chi connectivity index (χ1n) is 5.83. The van der Waals surface area contributed by atoms with E-state index in [0.29, 0.717) is 0 Å². The third kappa shape index (κ3) is 2.35. The SMILES string of the molecule is Cc1nn(C)cc1C(N)Cc1c(Br)c(C)nn1C. The molecule has 2 N–H and O–H groups in total. The van der Waals surface area contributed by atoms with Gasteiger partial charge in [-0.05, 0) is 29.8 Å². The minimum atomic E-state index is -0.0650. The van der Waals surface area contributed by atoms with Crippen LogP contribution < -0.4 is 5.73 Å². The maximum absolute atomic E-state index is 6.27. The Labute approximate surface area is 115 Å². The lowest BCUT2D eigenvalue weighted by molar-refractivity contribution is 0.636. The van der Waals surface area contributed by atoms with Crippen molar-refractivity contribution in [3.8, 4) is 0 Å². The van der Waals surface area contributed by atoms with Crippen molar-refractivity contribution in [1.29, 1.82) is 0 Å². The molecule has 0 aliphatic rings. The summed E-state index contributed by atoms with van der Waals surface area (Å²) >= 11 is 3.57. The Hall–Kier alpha value is -1.14. The maximum Gasteiger partial charge on any atom is 0.0738 e. The molecule has 0 saturated carbocycles. The van der Waals surface area contributed by atoms with Crippen molar-refractivity contribution >= 4 is 15.9 Å². The summed E-state index contributed by atoms with van der Waals surface area (Å²) in [5, 5.41) is 8.70. The van der Waals surface area contributed by atoms with E-state index in [1.54, 1.807) is 4.68 Å². The highest BCUT2D eigenvalue weighted by atomic mass is 79.9. The molecule has 18 heavy (non-hydrogen) atoms. The number of halogens is 1. The standard InChI is InChI=1S/C12H18BrN5/c1-7-9(6-17(3)15-7)10(14)5-11-12(13)8(2)16-18(11)4/h6,10H,5,14H2,1-4H3. The van der Waals surface area contributed by atoms with Crippen molar-refractivity contribution in [2.24, 2.45) is 19.8 Å². The fraction of sp³-hybridized carbons (Fsp3) is 0.500. The highest BCUT2D eigenvalue weighted by Gasteiger charge is 2.18. The second-order valence-electron chi connectivity index (χ2n) is 4.62. The van der Waals surface area contributed by atoms with E-state index in [2.05, 4.69) is 26.1 Å². The Morgan fingerprint density at radius 3 is 2.39 bits per heavy atom. The number of aromatic nitrogens is 4. The van der Waals surface area contributed by atoms with Crippen molar-refractivity contribution in [2.75, 3.05) is 0 Å². The largest absolute Gasteiger partial charge is 0.324 e. The van der Waals surface area contributed by atoms with E-state index < -0.39 is 0 Å². The second-order valence-corrected chi connectivity index (χ2v) is 5.42. The zero-order valence-electron chi connectivity index (χ0n) is 11.1. The van der Waals surface area contributed by atoms with Crippen molar-refractivity contribution in [3.63, 3.8) is 0 Å². The minimum absolute atomic E-state index is 0.0650. The average Bonchev–Trinajstić information content (AvgIpc) is 2.73. The fourth-order valence-corrected chi connectivity index (χ4v) is 2.70. The van der Waals surface area contributed by atoms with Crippen LogP contribution in [0, 0.1) is 13.8 Å². The van der Waals surface area contributed by atoms with Crippen molar-refractivity contribution in [3.05, 3.63) is 33.3 Å². The molecule has 98 valence electrons. The molecule has 0 radical (unpaired) electrons. The van der Waals surface area contributed by atoms with Gasteiger partial charge in [0, 0.05) is 38.3 Å². The molecule has 1 unspecified atom stereocenters. The zero-order valence-corrected chi connectivity index (χ0v) is 12.7. The molecule has 0 aliphatic carbocycles. The predicted octanol–water partition coefficient (Wildman–Crippen LogP) is 1.78. The van der Waals surface area contributed by atoms with E-state index in [1.807, 2.05) is 38.8 Å². The molecule has 0 aliphatic heterocycles. The van der Waals surface area contributed by atoms with E-state index in [1.165, 1.54) is 0 Å². The molecule has 0 spiro atoms. The van der Waals surface area contributed by atoms with Gasteiger partial charge in [0.25, 0.3) is 0 Å². The van der Waals surface area contributed by atoms with Gasteiger partial charge >= 0.3 is 0 Å². The van der Waals surface area contributed by atoms with Crippen molar-refractivity contribution in [2.45, 2.75) is 26.3 Å². The lowest BCUT2D eigenvalue weighted by atomic mass is 10.0. The van der Waals surface area contributed by atoms with E-state index >= 15 is 0 Å². The first kappa shape index (κ1) is 13.3. The summed E-state index contributed by atoms with van der Waals surface area (Å²) in [6, 6.07) is -0.0650. The summed E-state index contributed by atoms with van der Waals surface area (Å²) in [7, 11) is 3.85. The van der Waals surface area contributed by atoms with Crippen LogP contribution >= 0.6 is 15.9 Å². The van der Waals surface area contributed by atoms with Crippen LogP contribution in [0.15, 0.2) is 10.7 Å². The number of hydrogen-bond donors (Lipinski definition) is 1. The molecule has 2 rings (SSSR count). The van der Waals surface area contributed by atoms with E-state index in [9.17, 15) is 0 Å². The number of aryl methyl sites for hydroxylation is 4. The summed E-state index contributed by atoms with van der Waals surface area (Å²) in [5.74, 6) is 0. The van der Waals surface area contributed by atoms with Crippen LogP contribution in [0.2, 0.25) is 0 Å². The summed E-state index contributed by atoms with van der Waals surface area (Å²) in [5.41, 5.74) is 10.4. The smallest absolute Gasteiger partial charge is 0.0738 e. The van der Waals surface area contributed by atoms with Gasteiger partial charge in [-0.2, -0.15) is 10.2 Å². The highest BCUT2D eigenvalue weighted by Crippen LogP contribution is 2.25. The summed E-state index contributed by atoms with van der Waals surface area (Å²) < 4.78 is 4.72. The second kappa shape index (κ2) is 4.85. The lowest BCUT2D eigenvalue weighted by Crippen LogP contribution is -2.16. The number of nitrogens with two attached hydrogens (primary N) is 1. The molecule has 1 atom stereocenters. The predicted molar refractivity (Wildman–Crippen MR) is 74.2 cm³/mol. The Balaban J connectivity index is 2.26. The van der Waals surface area contributed by atoms with Crippen LogP contribution in [-0.2, 0) is 20.5 Å². The minimum Gasteiger partial charge on any atom is -0.324 e. The van der Waals surface area contributed by atoms with Gasteiger partial charge in [-0.3, -0.25) is 9.36 Å². The molecule has 2 aromatic rings. The van der Waals surface area contributed by atoms with Crippen LogP contribution in [0.4, 0.5) is 0 Å². The molecule has 2 heterocycles. The molecule has 2 aromatic heterocycles. The number of nitrogens with zero attached hydrogens (tertiary/aromatic N) is 4. The molecule has 0 aromatic carbocycles. The molecular weight excluding hydrogens is 294 g/mol. The molecule has 0 fully saturated rings. The normalized spacial score (nSPS) is 13.0. The Morgan fingerprint density at radius 2 is 1.94 bits per heavy atom. The molecule has 0 saturated heterocycles. The van der Waals surface area contributed by atoms with Crippen LogP contribution in [0.3, 0.4) is 0 Å². The topological polar surface area (TPSA) is 61.7 Å². The third-order valence-corrected chi connectivity index (χ3v) is 4.16. The van der Waals surface area contributed by atoms with Gasteiger partial charge < -0.3 is 5.73 Å². The molecule has 5 nitrogen and oxygen atoms in total. The highest BCUT2D eigenvalue weighted by molar-refractivity contribution is 9.10. The van der Waals surface area contributed by atoms with Gasteiger partial charge in [0.05, 0.1) is 21.6 Å². The Bertz CT molecular complexity index is 569. The number of rotatable bonds is 3. The first-order valence-corrected chi connectivity index (χ1v) is 6.63. The van der Waals surface area contributed by atoms with E-state index in [4.69, 9.17) is 5.73 Å². The zero-order chi connectivity index (χ0) is 13.4. The van der Waals surface area contributed by atoms with Gasteiger partial charge in [-0.25, -0.2) is 0 Å². The maximum atomic E-state index is 6.27. The van der Waals surface area contributed by atoms with Gasteiger partial charge in [0.1, 0.15) is 0 Å². The molecule has 0 bridgehead atoms. The van der Waals surface area contributed by atoms with Gasteiger partial charge in [0.2, 0.25) is 0 Å². The van der Waals surface area contributed by atoms with Gasteiger partial charge in [0.15, 0.2) is 0 Å². The molecular formula is C12H18BrN5. The van der Waals surface area contributed by atoms with Crippen LogP contribution in [0.5, 0.6) is 0 Å².